The van der Waals surface area contributed by atoms with Crippen molar-refractivity contribution in [2.75, 3.05) is 0 Å². The zero-order valence-electron chi connectivity index (χ0n) is 8.52. The van der Waals surface area contributed by atoms with Crippen LogP contribution in [0.25, 0.3) is 0 Å². The monoisotopic (exact) mass is 287 g/mol. The van der Waals surface area contributed by atoms with Crippen molar-refractivity contribution in [2.24, 2.45) is 0 Å². The van der Waals surface area contributed by atoms with E-state index in [0.717, 1.165) is 16.9 Å². The van der Waals surface area contributed by atoms with Gasteiger partial charge in [-0.05, 0) is 11.6 Å². The number of rotatable bonds is 3. The van der Waals surface area contributed by atoms with Crippen molar-refractivity contribution < 1.29 is 4.79 Å². The van der Waals surface area contributed by atoms with E-state index in [0.29, 0.717) is 11.3 Å². The summed E-state index contributed by atoms with van der Waals surface area (Å²) in [6.45, 7) is 0.266. The lowest BCUT2D eigenvalue weighted by atomic mass is 10.2. The summed E-state index contributed by atoms with van der Waals surface area (Å²) in [6, 6.07) is 7.18. The SMILES string of the molecule is O=Cc1sc(=O)n(Cc2ccccc2Cl)c1Cl. The number of carbonyl (C=O) groups is 1. The highest BCUT2D eigenvalue weighted by Crippen LogP contribution is 2.21. The molecule has 88 valence electrons. The van der Waals surface area contributed by atoms with Gasteiger partial charge in [-0.25, -0.2) is 0 Å². The molecular weight excluding hydrogens is 281 g/mol. The van der Waals surface area contributed by atoms with Gasteiger partial charge in [0.05, 0.1) is 6.54 Å². The van der Waals surface area contributed by atoms with Gasteiger partial charge in [0, 0.05) is 5.02 Å². The van der Waals surface area contributed by atoms with Crippen LogP contribution >= 0.6 is 34.5 Å². The summed E-state index contributed by atoms with van der Waals surface area (Å²) in [5.41, 5.74) is 0.786. The van der Waals surface area contributed by atoms with Crippen LogP contribution in [0.1, 0.15) is 15.2 Å². The molecule has 0 fully saturated rings. The van der Waals surface area contributed by atoms with Gasteiger partial charge < -0.3 is 0 Å². The molecular formula is C11H7Cl2NO2S. The highest BCUT2D eigenvalue weighted by molar-refractivity contribution is 7.11. The van der Waals surface area contributed by atoms with Crippen LogP contribution in [-0.4, -0.2) is 10.9 Å². The Bertz CT molecular complexity index is 618. The van der Waals surface area contributed by atoms with Gasteiger partial charge in [0.1, 0.15) is 10.0 Å². The maximum atomic E-state index is 11.6. The topological polar surface area (TPSA) is 39.1 Å². The van der Waals surface area contributed by atoms with Crippen molar-refractivity contribution in [1.82, 2.24) is 4.57 Å². The van der Waals surface area contributed by atoms with E-state index in [2.05, 4.69) is 0 Å². The summed E-state index contributed by atoms with van der Waals surface area (Å²) in [7, 11) is 0. The minimum Gasteiger partial charge on any atom is -0.297 e. The number of halogens is 2. The number of thiazole rings is 1. The maximum Gasteiger partial charge on any atom is 0.309 e. The third-order valence-corrected chi connectivity index (χ3v) is 4.04. The molecule has 3 nitrogen and oxygen atoms in total. The molecule has 1 aromatic carbocycles. The van der Waals surface area contributed by atoms with Crippen LogP contribution in [0.5, 0.6) is 0 Å². The van der Waals surface area contributed by atoms with Crippen LogP contribution in [0, 0.1) is 0 Å². The molecule has 2 rings (SSSR count). The Hall–Kier alpha value is -1.10. The van der Waals surface area contributed by atoms with Gasteiger partial charge in [0.2, 0.25) is 0 Å². The van der Waals surface area contributed by atoms with E-state index in [9.17, 15) is 9.59 Å². The average molecular weight is 288 g/mol. The second kappa shape index (κ2) is 5.04. The molecule has 0 aliphatic rings. The molecule has 0 spiro atoms. The second-order valence-corrected chi connectivity index (χ2v) is 5.08. The maximum absolute atomic E-state index is 11.6. The van der Waals surface area contributed by atoms with E-state index in [1.165, 1.54) is 4.57 Å². The Morgan fingerprint density at radius 1 is 1.29 bits per heavy atom. The number of aldehydes is 1. The molecule has 0 aliphatic carbocycles. The van der Waals surface area contributed by atoms with Crippen molar-refractivity contribution in [2.45, 2.75) is 6.54 Å². The molecule has 2 aromatic rings. The van der Waals surface area contributed by atoms with Crippen LogP contribution in [0.2, 0.25) is 10.2 Å². The zero-order valence-corrected chi connectivity index (χ0v) is 10.9. The lowest BCUT2D eigenvalue weighted by Crippen LogP contribution is -2.14. The molecule has 0 saturated carbocycles. The molecule has 17 heavy (non-hydrogen) atoms. The Kier molecular flexibility index (Phi) is 3.66. The lowest BCUT2D eigenvalue weighted by Gasteiger charge is -2.05. The minimum absolute atomic E-state index is 0.162. The van der Waals surface area contributed by atoms with Crippen molar-refractivity contribution in [1.29, 1.82) is 0 Å². The van der Waals surface area contributed by atoms with Crippen molar-refractivity contribution in [3.8, 4) is 0 Å². The third-order valence-electron chi connectivity index (χ3n) is 2.25. The first-order valence-electron chi connectivity index (χ1n) is 4.71. The Balaban J connectivity index is 2.44. The van der Waals surface area contributed by atoms with E-state index < -0.39 is 0 Å². The first-order chi connectivity index (χ1) is 8.13. The van der Waals surface area contributed by atoms with Gasteiger partial charge in [-0.1, -0.05) is 52.7 Å². The summed E-state index contributed by atoms with van der Waals surface area (Å²) in [5, 5.41) is 0.726. The molecule has 1 aromatic heterocycles. The summed E-state index contributed by atoms with van der Waals surface area (Å²) in [6.07, 6.45) is 0.581. The molecule has 0 bridgehead atoms. The van der Waals surface area contributed by atoms with Crippen LogP contribution < -0.4 is 4.87 Å². The predicted molar refractivity (Wildman–Crippen MR) is 69.5 cm³/mol. The fourth-order valence-corrected chi connectivity index (χ4v) is 2.65. The summed E-state index contributed by atoms with van der Waals surface area (Å²) >= 11 is 12.8. The number of hydrogen-bond acceptors (Lipinski definition) is 3. The summed E-state index contributed by atoms with van der Waals surface area (Å²) in [4.78, 5) is 22.3. The minimum atomic E-state index is -0.267. The first kappa shape index (κ1) is 12.4. The first-order valence-corrected chi connectivity index (χ1v) is 6.28. The fraction of sp³-hybridized carbons (Fsp3) is 0.0909. The quantitative estimate of drug-likeness (QED) is 0.814. The van der Waals surface area contributed by atoms with E-state index in [1.54, 1.807) is 12.1 Å². The molecule has 0 radical (unpaired) electrons. The fourth-order valence-electron chi connectivity index (χ4n) is 1.41. The number of hydrogen-bond donors (Lipinski definition) is 0. The van der Waals surface area contributed by atoms with Crippen molar-refractivity contribution in [3.63, 3.8) is 0 Å². The lowest BCUT2D eigenvalue weighted by molar-refractivity contribution is 0.112. The molecule has 0 aliphatic heterocycles. The standard InChI is InChI=1S/C11H7Cl2NO2S/c12-8-4-2-1-3-7(8)5-14-10(13)9(6-15)17-11(14)16/h1-4,6H,5H2. The van der Waals surface area contributed by atoms with Gasteiger partial charge in [-0.3, -0.25) is 14.2 Å². The van der Waals surface area contributed by atoms with E-state index >= 15 is 0 Å². The number of carbonyl (C=O) groups excluding carboxylic acids is 1. The Morgan fingerprint density at radius 2 is 2.00 bits per heavy atom. The third kappa shape index (κ3) is 2.44. The molecule has 0 amide bonds. The van der Waals surface area contributed by atoms with Gasteiger partial charge in [0.25, 0.3) is 0 Å². The number of benzene rings is 1. The average Bonchev–Trinajstić information content (AvgIpc) is 2.59. The van der Waals surface area contributed by atoms with Crippen molar-refractivity contribution in [3.05, 3.63) is 54.5 Å². The van der Waals surface area contributed by atoms with Gasteiger partial charge in [-0.2, -0.15) is 0 Å². The number of nitrogens with zero attached hydrogens (tertiary/aromatic N) is 1. The molecule has 1 heterocycles. The van der Waals surface area contributed by atoms with Crippen LogP contribution in [-0.2, 0) is 6.54 Å². The molecule has 0 saturated heterocycles. The largest absolute Gasteiger partial charge is 0.309 e. The highest BCUT2D eigenvalue weighted by Gasteiger charge is 2.13. The molecule has 0 unspecified atom stereocenters. The van der Waals surface area contributed by atoms with E-state index in [1.807, 2.05) is 12.1 Å². The summed E-state index contributed by atoms with van der Waals surface area (Å²) in [5.74, 6) is 0. The smallest absolute Gasteiger partial charge is 0.297 e. The summed E-state index contributed by atoms with van der Waals surface area (Å²) < 4.78 is 1.33. The van der Waals surface area contributed by atoms with E-state index in [4.69, 9.17) is 23.2 Å². The van der Waals surface area contributed by atoms with Gasteiger partial charge in [0.15, 0.2) is 6.29 Å². The molecule has 6 heteroatoms. The van der Waals surface area contributed by atoms with Gasteiger partial charge >= 0.3 is 4.87 Å². The van der Waals surface area contributed by atoms with Crippen LogP contribution in [0.15, 0.2) is 29.1 Å². The van der Waals surface area contributed by atoms with Crippen molar-refractivity contribution >= 4 is 40.8 Å². The normalized spacial score (nSPS) is 10.5. The Morgan fingerprint density at radius 3 is 2.59 bits per heavy atom. The predicted octanol–water partition coefficient (Wildman–Crippen LogP) is 3.08. The highest BCUT2D eigenvalue weighted by atomic mass is 35.5. The second-order valence-electron chi connectivity index (χ2n) is 3.32. The van der Waals surface area contributed by atoms with Crippen LogP contribution in [0.4, 0.5) is 0 Å². The molecule has 0 atom stereocenters. The van der Waals surface area contributed by atoms with Gasteiger partial charge in [-0.15, -0.1) is 0 Å². The van der Waals surface area contributed by atoms with Crippen LogP contribution in [0.3, 0.4) is 0 Å². The van der Waals surface area contributed by atoms with E-state index in [-0.39, 0.29) is 21.4 Å². The Labute approximate surface area is 111 Å². The zero-order chi connectivity index (χ0) is 12.4. The number of aromatic nitrogens is 1. The molecule has 0 N–H and O–H groups in total.